The van der Waals surface area contributed by atoms with Crippen molar-refractivity contribution in [3.05, 3.63) is 205 Å². The SMILES string of the molecule is CC1(C)c2ccc3c4ccccc4n4c3c2-c2c(ccc(-c3ccc(-c5cccc(-c6nc(-c7ccccc7)nc(-c7ccc8ccccc8c7)n6)c5)cc3)c21)-c1ccccc1-4. The topological polar surface area (TPSA) is 43.6 Å². The second kappa shape index (κ2) is 13.0. The van der Waals surface area contributed by atoms with Crippen LogP contribution < -0.4 is 0 Å². The van der Waals surface area contributed by atoms with Crippen LogP contribution in [-0.4, -0.2) is 19.5 Å². The van der Waals surface area contributed by atoms with Gasteiger partial charge in [0.15, 0.2) is 17.5 Å². The summed E-state index contributed by atoms with van der Waals surface area (Å²) in [7, 11) is 0. The molecular weight excluding hydrogens is 753 g/mol. The highest BCUT2D eigenvalue weighted by Gasteiger charge is 2.42. The molecule has 0 bridgehead atoms. The number of para-hydroxylation sites is 2. The predicted octanol–water partition coefficient (Wildman–Crippen LogP) is 14.7. The smallest absolute Gasteiger partial charge is 0.164 e. The third kappa shape index (κ3) is 5.04. The van der Waals surface area contributed by atoms with Crippen molar-refractivity contribution in [1.82, 2.24) is 19.5 Å². The van der Waals surface area contributed by atoms with Gasteiger partial charge in [0, 0.05) is 44.0 Å². The second-order valence-corrected chi connectivity index (χ2v) is 17.2. The van der Waals surface area contributed by atoms with Crippen molar-refractivity contribution >= 4 is 32.6 Å². The van der Waals surface area contributed by atoms with E-state index in [1.807, 2.05) is 18.2 Å². The molecule has 290 valence electrons. The Morgan fingerprint density at radius 1 is 0.387 bits per heavy atom. The highest BCUT2D eigenvalue weighted by Crippen LogP contribution is 2.60. The summed E-state index contributed by atoms with van der Waals surface area (Å²) >= 11 is 0. The van der Waals surface area contributed by atoms with Crippen molar-refractivity contribution in [2.45, 2.75) is 19.3 Å². The zero-order chi connectivity index (χ0) is 41.1. The molecule has 0 spiro atoms. The highest BCUT2D eigenvalue weighted by molar-refractivity contribution is 6.19. The van der Waals surface area contributed by atoms with Gasteiger partial charge in [0.1, 0.15) is 0 Å². The van der Waals surface area contributed by atoms with Crippen molar-refractivity contribution in [3.8, 4) is 84.4 Å². The molecule has 0 saturated carbocycles. The van der Waals surface area contributed by atoms with Gasteiger partial charge in [-0.05, 0) is 79.5 Å². The molecule has 0 N–H and O–H groups in total. The summed E-state index contributed by atoms with van der Waals surface area (Å²) in [5.41, 5.74) is 19.3. The van der Waals surface area contributed by atoms with Crippen molar-refractivity contribution in [2.75, 3.05) is 0 Å². The van der Waals surface area contributed by atoms with E-state index in [2.05, 4.69) is 194 Å². The quantitative estimate of drug-likeness (QED) is 0.174. The first-order chi connectivity index (χ1) is 30.5. The van der Waals surface area contributed by atoms with Crippen molar-refractivity contribution in [1.29, 1.82) is 0 Å². The molecule has 2 aliphatic rings. The molecule has 4 heteroatoms. The maximum Gasteiger partial charge on any atom is 0.164 e. The molecule has 4 nitrogen and oxygen atoms in total. The lowest BCUT2D eigenvalue weighted by Crippen LogP contribution is -2.16. The molecule has 1 aliphatic heterocycles. The van der Waals surface area contributed by atoms with Crippen molar-refractivity contribution < 1.29 is 0 Å². The molecule has 11 aromatic rings. The van der Waals surface area contributed by atoms with Gasteiger partial charge in [-0.3, -0.25) is 0 Å². The molecule has 2 aromatic heterocycles. The molecule has 3 heterocycles. The Labute approximate surface area is 359 Å². The van der Waals surface area contributed by atoms with E-state index >= 15 is 0 Å². The summed E-state index contributed by atoms with van der Waals surface area (Å²) in [6.07, 6.45) is 0. The van der Waals surface area contributed by atoms with E-state index < -0.39 is 0 Å². The first kappa shape index (κ1) is 34.9. The Morgan fingerprint density at radius 2 is 1.02 bits per heavy atom. The van der Waals surface area contributed by atoms with Crippen LogP contribution in [-0.2, 0) is 5.41 Å². The van der Waals surface area contributed by atoms with Gasteiger partial charge in [0.2, 0.25) is 0 Å². The maximum absolute atomic E-state index is 5.10. The molecule has 62 heavy (non-hydrogen) atoms. The lowest BCUT2D eigenvalue weighted by Gasteiger charge is -2.26. The molecule has 0 saturated heterocycles. The van der Waals surface area contributed by atoms with Gasteiger partial charge in [-0.1, -0.05) is 184 Å². The number of hydrogen-bond donors (Lipinski definition) is 0. The molecule has 0 radical (unpaired) electrons. The number of rotatable bonds is 5. The Morgan fingerprint density at radius 3 is 1.85 bits per heavy atom. The van der Waals surface area contributed by atoms with E-state index in [-0.39, 0.29) is 5.41 Å². The van der Waals surface area contributed by atoms with Crippen LogP contribution in [0, 0.1) is 0 Å². The van der Waals surface area contributed by atoms with E-state index in [4.69, 9.17) is 15.0 Å². The summed E-state index contributed by atoms with van der Waals surface area (Å²) in [5, 5.41) is 4.94. The van der Waals surface area contributed by atoms with Crippen LogP contribution in [0.5, 0.6) is 0 Å². The fraction of sp³-hybridized carbons (Fsp3) is 0.0517. The number of aromatic nitrogens is 4. The Kier molecular flexibility index (Phi) is 7.32. The molecular formula is C58H38N4. The lowest BCUT2D eigenvalue weighted by molar-refractivity contribution is 0.662. The first-order valence-corrected chi connectivity index (χ1v) is 21.4. The molecule has 0 atom stereocenters. The number of hydrogen-bond acceptors (Lipinski definition) is 3. The molecule has 0 fully saturated rings. The molecule has 0 unspecified atom stereocenters. The minimum atomic E-state index is -0.209. The summed E-state index contributed by atoms with van der Waals surface area (Å²) in [6.45, 7) is 4.82. The summed E-state index contributed by atoms with van der Waals surface area (Å²) in [6, 6.07) is 69.9. The predicted molar refractivity (Wildman–Crippen MR) is 255 cm³/mol. The van der Waals surface area contributed by atoms with E-state index in [0.717, 1.165) is 33.2 Å². The van der Waals surface area contributed by atoms with Crippen LogP contribution in [0.3, 0.4) is 0 Å². The van der Waals surface area contributed by atoms with Crippen LogP contribution in [0.1, 0.15) is 25.0 Å². The van der Waals surface area contributed by atoms with Gasteiger partial charge in [-0.25, -0.2) is 15.0 Å². The van der Waals surface area contributed by atoms with Gasteiger partial charge in [-0.2, -0.15) is 0 Å². The average molecular weight is 791 g/mol. The van der Waals surface area contributed by atoms with Crippen molar-refractivity contribution in [3.63, 3.8) is 0 Å². The van der Waals surface area contributed by atoms with Crippen molar-refractivity contribution in [2.24, 2.45) is 0 Å². The van der Waals surface area contributed by atoms with Crippen LogP contribution in [0.4, 0.5) is 0 Å². The summed E-state index contributed by atoms with van der Waals surface area (Å²) in [4.78, 5) is 15.2. The fourth-order valence-corrected chi connectivity index (χ4v) is 10.4. The van der Waals surface area contributed by atoms with Crippen LogP contribution >= 0.6 is 0 Å². The molecule has 13 rings (SSSR count). The fourth-order valence-electron chi connectivity index (χ4n) is 10.4. The van der Waals surface area contributed by atoms with Crippen LogP contribution in [0.2, 0.25) is 0 Å². The van der Waals surface area contributed by atoms with Gasteiger partial charge in [0.05, 0.1) is 16.7 Å². The minimum Gasteiger partial charge on any atom is -0.308 e. The lowest BCUT2D eigenvalue weighted by atomic mass is 9.77. The van der Waals surface area contributed by atoms with E-state index in [1.54, 1.807) is 0 Å². The van der Waals surface area contributed by atoms with Gasteiger partial charge in [0.25, 0.3) is 0 Å². The Hall–Kier alpha value is -7.95. The highest BCUT2D eigenvalue weighted by atomic mass is 15.0. The largest absolute Gasteiger partial charge is 0.308 e. The minimum absolute atomic E-state index is 0.209. The van der Waals surface area contributed by atoms with Gasteiger partial charge in [-0.15, -0.1) is 0 Å². The van der Waals surface area contributed by atoms with Crippen LogP contribution in [0.25, 0.3) is 117 Å². The van der Waals surface area contributed by atoms with Gasteiger partial charge >= 0.3 is 0 Å². The zero-order valence-electron chi connectivity index (χ0n) is 34.3. The maximum atomic E-state index is 5.10. The molecule has 9 aromatic carbocycles. The first-order valence-electron chi connectivity index (χ1n) is 21.4. The van der Waals surface area contributed by atoms with E-state index in [0.29, 0.717) is 17.5 Å². The van der Waals surface area contributed by atoms with E-state index in [1.165, 1.54) is 77.4 Å². The third-order valence-corrected chi connectivity index (χ3v) is 13.4. The number of nitrogens with zero attached hydrogens (tertiary/aromatic N) is 4. The van der Waals surface area contributed by atoms with E-state index in [9.17, 15) is 0 Å². The van der Waals surface area contributed by atoms with Gasteiger partial charge < -0.3 is 4.57 Å². The van der Waals surface area contributed by atoms with Crippen LogP contribution in [0.15, 0.2) is 194 Å². The molecule has 0 amide bonds. The third-order valence-electron chi connectivity index (χ3n) is 13.4. The summed E-state index contributed by atoms with van der Waals surface area (Å²) < 4.78 is 2.52. The average Bonchev–Trinajstić information content (AvgIpc) is 3.75. The monoisotopic (exact) mass is 790 g/mol. The second-order valence-electron chi connectivity index (χ2n) is 17.2. The standard InChI is InChI=1S/C58H38N4/c1-58(2)48-32-31-47-45-20-9-11-22-50(45)62-49-21-10-8-19-44(49)46-30-29-43(53(58)51(46)52(48)54(47)62)37-26-23-36(24-27-37)40-17-12-18-41(33-40)56-59-55(38-14-4-3-5-15-38)60-57(61-56)42-28-25-35-13-6-7-16-39(35)34-42/h3-34H,1-2H3. The zero-order valence-corrected chi connectivity index (χ0v) is 34.3. The number of benzene rings is 9. The normalized spacial score (nSPS) is 13.1. The Bertz CT molecular complexity index is 3650. The summed E-state index contributed by atoms with van der Waals surface area (Å²) in [5.74, 6) is 1.95. The number of fused-ring (bicyclic) bond motifs is 7. The molecule has 1 aliphatic carbocycles. The Balaban J connectivity index is 0.925.